The maximum absolute atomic E-state index is 5.51. The van der Waals surface area contributed by atoms with E-state index in [4.69, 9.17) is 24.7 Å². The highest BCUT2D eigenvalue weighted by Gasteiger charge is 2.05. The van der Waals surface area contributed by atoms with Gasteiger partial charge in [-0.2, -0.15) is 9.97 Å². The van der Waals surface area contributed by atoms with Crippen LogP contribution >= 0.6 is 0 Å². The van der Waals surface area contributed by atoms with E-state index in [1.54, 1.807) is 7.11 Å². The van der Waals surface area contributed by atoms with Gasteiger partial charge in [-0.3, -0.25) is 0 Å². The van der Waals surface area contributed by atoms with E-state index in [1.807, 2.05) is 6.92 Å². The third-order valence-electron chi connectivity index (χ3n) is 1.98. The van der Waals surface area contributed by atoms with Crippen molar-refractivity contribution in [3.8, 4) is 12.0 Å². The van der Waals surface area contributed by atoms with Crippen LogP contribution in [0.3, 0.4) is 0 Å². The summed E-state index contributed by atoms with van der Waals surface area (Å²) in [6.07, 6.45) is 0.721. The molecule has 0 saturated carbocycles. The Bertz CT molecular complexity index is 365. The fourth-order valence-corrected chi connectivity index (χ4v) is 1.18. The predicted octanol–water partition coefficient (Wildman–Crippen LogP) is 0.284. The minimum atomic E-state index is 0.0739. The summed E-state index contributed by atoms with van der Waals surface area (Å²) in [6.45, 7) is 4.46. The maximum atomic E-state index is 5.51. The quantitative estimate of drug-likeness (QED) is 0.606. The molecule has 19 heavy (non-hydrogen) atoms. The number of ether oxygens (including phenoxy) is 4. The Labute approximate surface area is 112 Å². The second-order valence-electron chi connectivity index (χ2n) is 3.50. The second kappa shape index (κ2) is 9.29. The number of nitrogen functional groups attached to an aromatic ring is 1. The minimum absolute atomic E-state index is 0.0739. The molecule has 0 aliphatic heterocycles. The summed E-state index contributed by atoms with van der Waals surface area (Å²) in [7, 11) is 1.63. The Morgan fingerprint density at radius 3 is 2.37 bits per heavy atom. The first-order valence-corrected chi connectivity index (χ1v) is 6.10. The predicted molar refractivity (Wildman–Crippen MR) is 68.2 cm³/mol. The topological polar surface area (TPSA) is 102 Å². The molecule has 0 aromatic carbocycles. The number of nitrogens with zero attached hydrogens (tertiary/aromatic N) is 3. The fraction of sp³-hybridized carbons (Fsp3) is 0.727. The maximum Gasteiger partial charge on any atom is 0.324 e. The van der Waals surface area contributed by atoms with Crippen LogP contribution in [0.2, 0.25) is 0 Å². The zero-order chi connectivity index (χ0) is 13.9. The van der Waals surface area contributed by atoms with E-state index in [1.165, 1.54) is 0 Å². The molecule has 108 valence electrons. The van der Waals surface area contributed by atoms with Crippen molar-refractivity contribution < 1.29 is 18.9 Å². The van der Waals surface area contributed by atoms with Crippen LogP contribution in [-0.2, 0) is 9.47 Å². The molecule has 8 nitrogen and oxygen atoms in total. The standard InChI is InChI=1S/C11H20N4O4/c1-3-18-10-13-9(12)14-11(15-10)19-6-4-5-17-8-7-16-2/h3-8H2,1-2H3,(H2,12,13,14,15). The third kappa shape index (κ3) is 6.73. The average Bonchev–Trinajstić information content (AvgIpc) is 2.37. The molecule has 0 bridgehead atoms. The van der Waals surface area contributed by atoms with Crippen molar-refractivity contribution in [1.82, 2.24) is 15.0 Å². The van der Waals surface area contributed by atoms with Crippen LogP contribution in [0, 0.1) is 0 Å². The van der Waals surface area contributed by atoms with Crippen LogP contribution in [-0.4, -0.2) is 55.1 Å². The van der Waals surface area contributed by atoms with Crippen molar-refractivity contribution in [3.05, 3.63) is 0 Å². The summed E-state index contributed by atoms with van der Waals surface area (Å²) in [5.41, 5.74) is 5.51. The lowest BCUT2D eigenvalue weighted by Crippen LogP contribution is -2.10. The lowest BCUT2D eigenvalue weighted by molar-refractivity contribution is 0.0638. The molecular formula is C11H20N4O4. The van der Waals surface area contributed by atoms with E-state index in [-0.39, 0.29) is 18.0 Å². The Hall–Kier alpha value is -1.67. The molecule has 0 spiro atoms. The van der Waals surface area contributed by atoms with E-state index in [2.05, 4.69) is 15.0 Å². The summed E-state index contributed by atoms with van der Waals surface area (Å²) < 4.78 is 20.6. The zero-order valence-electron chi connectivity index (χ0n) is 11.3. The number of anilines is 1. The monoisotopic (exact) mass is 272 g/mol. The molecule has 0 unspecified atom stereocenters. The summed E-state index contributed by atoms with van der Waals surface area (Å²) in [6, 6.07) is 0.328. The van der Waals surface area contributed by atoms with Crippen LogP contribution < -0.4 is 15.2 Å². The molecule has 0 fully saturated rings. The number of methoxy groups -OCH3 is 1. The van der Waals surface area contributed by atoms with E-state index in [0.717, 1.165) is 6.42 Å². The molecule has 1 heterocycles. The molecule has 1 aromatic rings. The third-order valence-corrected chi connectivity index (χ3v) is 1.98. The first-order chi connectivity index (χ1) is 9.26. The molecule has 0 amide bonds. The van der Waals surface area contributed by atoms with Crippen LogP contribution in [0.4, 0.5) is 5.95 Å². The SMILES string of the molecule is CCOc1nc(N)nc(OCCCOCCOC)n1. The van der Waals surface area contributed by atoms with Gasteiger partial charge in [-0.15, -0.1) is 4.98 Å². The van der Waals surface area contributed by atoms with Crippen LogP contribution in [0.1, 0.15) is 13.3 Å². The van der Waals surface area contributed by atoms with Gasteiger partial charge in [0.1, 0.15) is 0 Å². The van der Waals surface area contributed by atoms with Crippen molar-refractivity contribution in [2.75, 3.05) is 45.9 Å². The first-order valence-electron chi connectivity index (χ1n) is 6.10. The molecule has 1 aromatic heterocycles. The van der Waals surface area contributed by atoms with Gasteiger partial charge in [0.2, 0.25) is 5.95 Å². The Morgan fingerprint density at radius 1 is 0.947 bits per heavy atom. The van der Waals surface area contributed by atoms with Gasteiger partial charge in [-0.1, -0.05) is 0 Å². The summed E-state index contributed by atoms with van der Waals surface area (Å²) in [4.78, 5) is 11.6. The lowest BCUT2D eigenvalue weighted by Gasteiger charge is -2.07. The highest BCUT2D eigenvalue weighted by Crippen LogP contribution is 2.10. The van der Waals surface area contributed by atoms with Crippen molar-refractivity contribution >= 4 is 5.95 Å². The van der Waals surface area contributed by atoms with Crippen molar-refractivity contribution in [1.29, 1.82) is 0 Å². The highest BCUT2D eigenvalue weighted by atomic mass is 16.5. The fourth-order valence-electron chi connectivity index (χ4n) is 1.18. The van der Waals surface area contributed by atoms with Crippen LogP contribution in [0.15, 0.2) is 0 Å². The molecule has 0 aliphatic rings. The van der Waals surface area contributed by atoms with E-state index >= 15 is 0 Å². The molecule has 0 radical (unpaired) electrons. The summed E-state index contributed by atoms with van der Waals surface area (Å²) in [5, 5.41) is 0. The van der Waals surface area contributed by atoms with Crippen molar-refractivity contribution in [3.63, 3.8) is 0 Å². The molecule has 0 aliphatic carbocycles. The van der Waals surface area contributed by atoms with Gasteiger partial charge in [-0.05, 0) is 6.92 Å². The van der Waals surface area contributed by atoms with Gasteiger partial charge in [0, 0.05) is 20.1 Å². The molecule has 0 saturated heterocycles. The molecule has 2 N–H and O–H groups in total. The Kier molecular flexibility index (Phi) is 7.52. The highest BCUT2D eigenvalue weighted by molar-refractivity contribution is 5.20. The van der Waals surface area contributed by atoms with E-state index < -0.39 is 0 Å². The largest absolute Gasteiger partial charge is 0.464 e. The lowest BCUT2D eigenvalue weighted by atomic mass is 10.5. The summed E-state index contributed by atoms with van der Waals surface area (Å²) >= 11 is 0. The number of nitrogens with two attached hydrogens (primary N) is 1. The van der Waals surface area contributed by atoms with Gasteiger partial charge < -0.3 is 24.7 Å². The minimum Gasteiger partial charge on any atom is -0.464 e. The van der Waals surface area contributed by atoms with Crippen molar-refractivity contribution in [2.24, 2.45) is 0 Å². The second-order valence-corrected chi connectivity index (χ2v) is 3.50. The normalized spacial score (nSPS) is 10.4. The molecule has 1 rings (SSSR count). The number of hydrogen-bond donors (Lipinski definition) is 1. The van der Waals surface area contributed by atoms with Gasteiger partial charge in [0.25, 0.3) is 0 Å². The molecule has 8 heteroatoms. The van der Waals surface area contributed by atoms with Gasteiger partial charge >= 0.3 is 12.0 Å². The summed E-state index contributed by atoms with van der Waals surface area (Å²) in [5.74, 6) is 0.0739. The van der Waals surface area contributed by atoms with Crippen LogP contribution in [0.25, 0.3) is 0 Å². The van der Waals surface area contributed by atoms with E-state index in [9.17, 15) is 0 Å². The molecular weight excluding hydrogens is 252 g/mol. The van der Waals surface area contributed by atoms with Gasteiger partial charge in [-0.25, -0.2) is 0 Å². The Morgan fingerprint density at radius 2 is 1.68 bits per heavy atom. The first kappa shape index (κ1) is 15.4. The van der Waals surface area contributed by atoms with Gasteiger partial charge in [0.05, 0.1) is 26.4 Å². The average molecular weight is 272 g/mol. The smallest absolute Gasteiger partial charge is 0.324 e. The van der Waals surface area contributed by atoms with Gasteiger partial charge in [0.15, 0.2) is 0 Å². The number of aromatic nitrogens is 3. The Balaban J connectivity index is 2.25. The van der Waals surface area contributed by atoms with E-state index in [0.29, 0.717) is 33.0 Å². The number of rotatable bonds is 10. The van der Waals surface area contributed by atoms with Crippen molar-refractivity contribution in [2.45, 2.75) is 13.3 Å². The number of hydrogen-bond acceptors (Lipinski definition) is 8. The van der Waals surface area contributed by atoms with Crippen LogP contribution in [0.5, 0.6) is 12.0 Å². The molecule has 0 atom stereocenters. The zero-order valence-corrected chi connectivity index (χ0v) is 11.3.